The fourth-order valence-electron chi connectivity index (χ4n) is 4.19. The van der Waals surface area contributed by atoms with Crippen molar-refractivity contribution in [3.63, 3.8) is 0 Å². The molecule has 7 heteroatoms. The second kappa shape index (κ2) is 9.73. The van der Waals surface area contributed by atoms with E-state index >= 15 is 0 Å². The van der Waals surface area contributed by atoms with Crippen LogP contribution in [0.25, 0.3) is 11.1 Å². The molecular weight excluding hydrogens is 423 g/mol. The van der Waals surface area contributed by atoms with Gasteiger partial charge in [-0.05, 0) is 42.2 Å². The number of alkyl halides is 1. The molecule has 1 aliphatic carbocycles. The van der Waals surface area contributed by atoms with Crippen molar-refractivity contribution in [3.8, 4) is 11.1 Å². The lowest BCUT2D eigenvalue weighted by Gasteiger charge is -2.14. The molecule has 4 rings (SSSR count). The van der Waals surface area contributed by atoms with E-state index < -0.39 is 29.9 Å². The predicted molar refractivity (Wildman–Crippen MR) is 121 cm³/mol. The minimum atomic E-state index is -1.76. The van der Waals surface area contributed by atoms with Crippen LogP contribution in [0.15, 0.2) is 72.9 Å². The van der Waals surface area contributed by atoms with Gasteiger partial charge in [-0.1, -0.05) is 55.0 Å². The van der Waals surface area contributed by atoms with Crippen LogP contribution >= 0.6 is 0 Å². The van der Waals surface area contributed by atoms with Crippen LogP contribution in [0.3, 0.4) is 0 Å². The standard InChI is InChI=1S/C26H23FN2O4/c27-23(17-5-2-1-3-6-17)25(31)29-19-12-9-16(10-13-19)18-11-14-22(28-15-18)24(30)20-7-4-8-21(20)26(32)33/h1-3,5-6,9-15,20-21,23H,4,7-8H2,(H,29,31)(H,32,33)/t20-,21-,23?/m1/s1. The Bertz CT molecular complexity index is 1150. The smallest absolute Gasteiger partial charge is 0.307 e. The molecule has 0 spiro atoms. The van der Waals surface area contributed by atoms with E-state index in [-0.39, 0.29) is 11.5 Å². The van der Waals surface area contributed by atoms with Gasteiger partial charge in [-0.15, -0.1) is 0 Å². The summed E-state index contributed by atoms with van der Waals surface area (Å²) >= 11 is 0. The summed E-state index contributed by atoms with van der Waals surface area (Å²) in [6.07, 6.45) is 1.61. The number of halogens is 1. The molecule has 3 aromatic rings. The van der Waals surface area contributed by atoms with E-state index in [2.05, 4.69) is 10.3 Å². The molecule has 33 heavy (non-hydrogen) atoms. The largest absolute Gasteiger partial charge is 0.481 e. The summed E-state index contributed by atoms with van der Waals surface area (Å²) in [5.41, 5.74) is 2.58. The van der Waals surface area contributed by atoms with E-state index in [4.69, 9.17) is 0 Å². The number of anilines is 1. The van der Waals surface area contributed by atoms with Gasteiger partial charge in [-0.3, -0.25) is 19.4 Å². The van der Waals surface area contributed by atoms with E-state index in [1.165, 1.54) is 0 Å². The predicted octanol–water partition coefficient (Wildman–Crippen LogP) is 5.08. The van der Waals surface area contributed by atoms with E-state index in [9.17, 15) is 23.9 Å². The number of carboxylic acid groups (broad SMARTS) is 1. The molecule has 168 valence electrons. The number of pyridine rings is 1. The summed E-state index contributed by atoms with van der Waals surface area (Å²) in [4.78, 5) is 40.5. The molecule has 0 bridgehead atoms. The molecule has 1 fully saturated rings. The summed E-state index contributed by atoms with van der Waals surface area (Å²) in [7, 11) is 0. The first kappa shape index (κ1) is 22.3. The van der Waals surface area contributed by atoms with Crippen molar-refractivity contribution in [2.75, 3.05) is 5.32 Å². The van der Waals surface area contributed by atoms with Gasteiger partial charge in [0.05, 0.1) is 5.92 Å². The molecule has 0 aliphatic heterocycles. The molecule has 1 unspecified atom stereocenters. The molecule has 1 saturated carbocycles. The fourth-order valence-corrected chi connectivity index (χ4v) is 4.19. The van der Waals surface area contributed by atoms with E-state index in [0.29, 0.717) is 24.1 Å². The SMILES string of the molecule is O=C(Nc1ccc(-c2ccc(C(=O)[C@@H]3CCC[C@H]3C(=O)O)nc2)cc1)C(F)c1ccccc1. The molecule has 1 amide bonds. The number of nitrogens with one attached hydrogen (secondary N) is 1. The summed E-state index contributed by atoms with van der Waals surface area (Å²) in [6.45, 7) is 0. The summed E-state index contributed by atoms with van der Waals surface area (Å²) in [5, 5.41) is 11.9. The third kappa shape index (κ3) is 4.98. The van der Waals surface area contributed by atoms with Crippen LogP contribution < -0.4 is 5.32 Å². The van der Waals surface area contributed by atoms with Crippen LogP contribution in [-0.2, 0) is 9.59 Å². The molecule has 0 saturated heterocycles. The number of hydrogen-bond acceptors (Lipinski definition) is 4. The quantitative estimate of drug-likeness (QED) is 0.493. The Kier molecular flexibility index (Phi) is 6.58. The summed E-state index contributed by atoms with van der Waals surface area (Å²) in [5.74, 6) is -3.09. The number of nitrogens with zero attached hydrogens (tertiary/aromatic N) is 1. The van der Waals surface area contributed by atoms with Crippen molar-refractivity contribution < 1.29 is 23.9 Å². The zero-order valence-corrected chi connectivity index (χ0v) is 17.8. The number of carbonyl (C=O) groups excluding carboxylic acids is 2. The highest BCUT2D eigenvalue weighted by atomic mass is 19.1. The highest BCUT2D eigenvalue weighted by Crippen LogP contribution is 2.34. The van der Waals surface area contributed by atoms with Crippen molar-refractivity contribution in [3.05, 3.63) is 84.2 Å². The van der Waals surface area contributed by atoms with Gasteiger partial charge in [0.1, 0.15) is 5.69 Å². The van der Waals surface area contributed by atoms with Crippen molar-refractivity contribution in [1.29, 1.82) is 0 Å². The van der Waals surface area contributed by atoms with Crippen LogP contribution in [0.4, 0.5) is 10.1 Å². The number of carboxylic acids is 1. The lowest BCUT2D eigenvalue weighted by Crippen LogP contribution is -2.25. The zero-order chi connectivity index (χ0) is 23.4. The van der Waals surface area contributed by atoms with Gasteiger partial charge in [0.2, 0.25) is 6.17 Å². The van der Waals surface area contributed by atoms with Crippen LogP contribution in [0.1, 0.15) is 41.5 Å². The first-order valence-electron chi connectivity index (χ1n) is 10.8. The van der Waals surface area contributed by atoms with E-state index in [0.717, 1.165) is 17.5 Å². The van der Waals surface area contributed by atoms with Gasteiger partial charge < -0.3 is 10.4 Å². The molecule has 1 heterocycles. The average Bonchev–Trinajstić information content (AvgIpc) is 3.35. The number of carbonyl (C=O) groups is 3. The van der Waals surface area contributed by atoms with E-state index in [1.807, 2.05) is 0 Å². The van der Waals surface area contributed by atoms with Gasteiger partial charge in [0.25, 0.3) is 5.91 Å². The highest BCUT2D eigenvalue weighted by Gasteiger charge is 2.38. The maximum Gasteiger partial charge on any atom is 0.307 e. The Morgan fingerprint density at radius 3 is 2.21 bits per heavy atom. The topological polar surface area (TPSA) is 96.4 Å². The van der Waals surface area contributed by atoms with Crippen LogP contribution in [0.2, 0.25) is 0 Å². The van der Waals surface area contributed by atoms with Crippen molar-refractivity contribution in [2.24, 2.45) is 11.8 Å². The number of aliphatic carboxylic acids is 1. The Morgan fingerprint density at radius 2 is 1.58 bits per heavy atom. The minimum absolute atomic E-state index is 0.233. The lowest BCUT2D eigenvalue weighted by atomic mass is 9.90. The van der Waals surface area contributed by atoms with Gasteiger partial charge >= 0.3 is 5.97 Å². The molecule has 6 nitrogen and oxygen atoms in total. The van der Waals surface area contributed by atoms with Crippen LogP contribution in [0, 0.1) is 11.8 Å². The monoisotopic (exact) mass is 446 g/mol. The molecular formula is C26H23FN2O4. The maximum absolute atomic E-state index is 14.4. The van der Waals surface area contributed by atoms with Gasteiger partial charge in [0, 0.05) is 23.4 Å². The number of ketones is 1. The highest BCUT2D eigenvalue weighted by molar-refractivity contribution is 5.99. The average molecular weight is 446 g/mol. The van der Waals surface area contributed by atoms with Crippen molar-refractivity contribution in [2.45, 2.75) is 25.4 Å². The summed E-state index contributed by atoms with van der Waals surface area (Å²) < 4.78 is 14.4. The second-order valence-electron chi connectivity index (χ2n) is 8.12. The maximum atomic E-state index is 14.4. The lowest BCUT2D eigenvalue weighted by molar-refractivity contribution is -0.142. The first-order chi connectivity index (χ1) is 15.9. The Balaban J connectivity index is 1.41. The normalized spacial score (nSPS) is 18.5. The minimum Gasteiger partial charge on any atom is -0.481 e. The molecule has 3 atom stereocenters. The Hall–Kier alpha value is -3.87. The molecule has 1 aromatic heterocycles. The van der Waals surface area contributed by atoms with Gasteiger partial charge in [-0.2, -0.15) is 0 Å². The third-order valence-corrected chi connectivity index (χ3v) is 5.99. The molecule has 1 aliphatic rings. The van der Waals surface area contributed by atoms with Crippen LogP contribution in [-0.4, -0.2) is 27.8 Å². The van der Waals surface area contributed by atoms with Crippen LogP contribution in [0.5, 0.6) is 0 Å². The summed E-state index contributed by atoms with van der Waals surface area (Å²) in [6, 6.07) is 18.5. The number of amides is 1. The molecule has 2 aromatic carbocycles. The fraction of sp³-hybridized carbons (Fsp3) is 0.231. The number of aromatic nitrogens is 1. The van der Waals surface area contributed by atoms with Gasteiger partial charge in [0.15, 0.2) is 5.78 Å². The van der Waals surface area contributed by atoms with Crippen molar-refractivity contribution >= 4 is 23.3 Å². The Morgan fingerprint density at radius 1 is 0.909 bits per heavy atom. The molecule has 0 radical (unpaired) electrons. The number of hydrogen-bond donors (Lipinski definition) is 2. The zero-order valence-electron chi connectivity index (χ0n) is 17.8. The van der Waals surface area contributed by atoms with Crippen molar-refractivity contribution in [1.82, 2.24) is 4.98 Å². The second-order valence-corrected chi connectivity index (χ2v) is 8.12. The van der Waals surface area contributed by atoms with Gasteiger partial charge in [-0.25, -0.2) is 4.39 Å². The Labute approximate surface area is 190 Å². The molecule has 2 N–H and O–H groups in total. The van der Waals surface area contributed by atoms with E-state index in [1.54, 1.807) is 72.9 Å². The number of Topliss-reactive ketones (excluding diaryl/α,β-unsaturated/α-hetero) is 1. The third-order valence-electron chi connectivity index (χ3n) is 5.99. The first-order valence-corrected chi connectivity index (χ1v) is 10.8. The number of rotatable bonds is 7. The number of benzene rings is 2.